The van der Waals surface area contributed by atoms with E-state index >= 15 is 0 Å². The average Bonchev–Trinajstić information content (AvgIpc) is 1.96. The van der Waals surface area contributed by atoms with E-state index in [0.717, 1.165) is 5.88 Å². The largest absolute Gasteiger partial charge is 0.311 e. The summed E-state index contributed by atoms with van der Waals surface area (Å²) in [5.74, 6) is 1.06. The summed E-state index contributed by atoms with van der Waals surface area (Å²) in [4.78, 5) is 0. The number of nitrogens with one attached hydrogen (secondary N) is 1. The first-order valence-corrected chi connectivity index (χ1v) is 5.36. The van der Waals surface area contributed by atoms with Gasteiger partial charge in [0.2, 0.25) is 0 Å². The van der Waals surface area contributed by atoms with E-state index in [4.69, 9.17) is 0 Å². The van der Waals surface area contributed by atoms with Crippen LogP contribution in [0, 0.1) is 0 Å². The zero-order chi connectivity index (χ0) is 8.83. The molecule has 0 bridgehead atoms. The van der Waals surface area contributed by atoms with Crippen LogP contribution in [-0.2, 0) is 0 Å². The van der Waals surface area contributed by atoms with Gasteiger partial charge in [-0.05, 0) is 13.3 Å². The quantitative estimate of drug-likeness (QED) is 0.631. The van der Waals surface area contributed by atoms with E-state index < -0.39 is 0 Å². The average molecular weight is 165 g/mol. The summed E-state index contributed by atoms with van der Waals surface area (Å²) in [5, 5.41) is 2.98. The number of hydrogen-bond donors (Lipinski definition) is 1. The monoisotopic (exact) mass is 165 g/mol. The maximum absolute atomic E-state index is 2.98. The van der Waals surface area contributed by atoms with E-state index in [-0.39, 0.29) is 0 Å². The Balaban J connectivity index is -0.0000000847. The van der Waals surface area contributed by atoms with Gasteiger partial charge >= 0.3 is 0 Å². The van der Waals surface area contributed by atoms with Crippen molar-refractivity contribution in [3.63, 3.8) is 0 Å². The van der Waals surface area contributed by atoms with E-state index in [1.165, 1.54) is 6.42 Å². The zero-order valence-corrected chi connectivity index (χ0v) is 9.14. The van der Waals surface area contributed by atoms with Crippen LogP contribution in [0.15, 0.2) is 0 Å². The third-order valence-corrected chi connectivity index (χ3v) is 0.866. The van der Waals surface area contributed by atoms with Gasteiger partial charge in [-0.1, -0.05) is 34.1 Å². The van der Waals surface area contributed by atoms with Gasteiger partial charge in [-0.2, -0.15) is 0 Å². The standard InChI is InChI=1S/C3H9NS.C3H8.C2H6/c1-4-3-5-2;1-3-2;1-2/h4H,3H2,1-2H3;3H2,1-2H3;1-2H3. The van der Waals surface area contributed by atoms with Crippen molar-refractivity contribution in [3.05, 3.63) is 0 Å². The van der Waals surface area contributed by atoms with Gasteiger partial charge in [0.1, 0.15) is 0 Å². The molecular weight excluding hydrogens is 142 g/mol. The van der Waals surface area contributed by atoms with Gasteiger partial charge in [0.05, 0.1) is 0 Å². The highest BCUT2D eigenvalue weighted by molar-refractivity contribution is 7.98. The molecule has 0 aromatic rings. The molecule has 0 rings (SSSR count). The van der Waals surface area contributed by atoms with Crippen molar-refractivity contribution in [1.29, 1.82) is 0 Å². The first-order valence-electron chi connectivity index (χ1n) is 3.96. The molecule has 1 nitrogen and oxygen atoms in total. The van der Waals surface area contributed by atoms with E-state index in [2.05, 4.69) is 25.4 Å². The lowest BCUT2D eigenvalue weighted by Crippen LogP contribution is -2.01. The van der Waals surface area contributed by atoms with E-state index in [1.54, 1.807) is 11.8 Å². The summed E-state index contributed by atoms with van der Waals surface area (Å²) in [6.45, 7) is 8.25. The first kappa shape index (κ1) is 16.7. The highest BCUT2D eigenvalue weighted by Crippen LogP contribution is 1.81. The van der Waals surface area contributed by atoms with Crippen molar-refractivity contribution in [2.75, 3.05) is 19.2 Å². The Morgan fingerprint density at radius 2 is 1.50 bits per heavy atom. The zero-order valence-electron chi connectivity index (χ0n) is 8.32. The van der Waals surface area contributed by atoms with Crippen LogP contribution in [0.5, 0.6) is 0 Å². The smallest absolute Gasteiger partial charge is 0.0412 e. The molecule has 0 aliphatic heterocycles. The lowest BCUT2D eigenvalue weighted by molar-refractivity contribution is 0.985. The lowest BCUT2D eigenvalue weighted by Gasteiger charge is -1.84. The summed E-state index contributed by atoms with van der Waals surface area (Å²) in [6, 6.07) is 0. The lowest BCUT2D eigenvalue weighted by atomic mass is 10.6. The van der Waals surface area contributed by atoms with Crippen molar-refractivity contribution >= 4 is 11.8 Å². The topological polar surface area (TPSA) is 12.0 Å². The van der Waals surface area contributed by atoms with Crippen LogP contribution in [-0.4, -0.2) is 19.2 Å². The van der Waals surface area contributed by atoms with Gasteiger partial charge in [0, 0.05) is 5.88 Å². The molecule has 0 saturated carbocycles. The van der Waals surface area contributed by atoms with Crippen LogP contribution in [0.2, 0.25) is 0 Å². The Morgan fingerprint density at radius 1 is 1.20 bits per heavy atom. The molecule has 0 amide bonds. The van der Waals surface area contributed by atoms with Gasteiger partial charge in [-0.3, -0.25) is 0 Å². The Labute approximate surface area is 71.0 Å². The summed E-state index contributed by atoms with van der Waals surface area (Å²) in [7, 11) is 1.94. The number of hydrogen-bond acceptors (Lipinski definition) is 2. The van der Waals surface area contributed by atoms with Crippen molar-refractivity contribution in [2.24, 2.45) is 0 Å². The Bertz CT molecular complexity index is 23.2. The maximum Gasteiger partial charge on any atom is 0.0412 e. The number of thioether (sulfide) groups is 1. The van der Waals surface area contributed by atoms with Crippen molar-refractivity contribution in [3.8, 4) is 0 Å². The Morgan fingerprint density at radius 3 is 1.50 bits per heavy atom. The second-order valence-corrected chi connectivity index (χ2v) is 2.36. The molecule has 0 aliphatic carbocycles. The maximum atomic E-state index is 2.98. The molecule has 0 saturated heterocycles. The predicted octanol–water partition coefficient (Wildman–Crippen LogP) is 2.97. The fourth-order valence-electron chi connectivity index (χ4n) is 0.144. The minimum Gasteiger partial charge on any atom is -0.311 e. The van der Waals surface area contributed by atoms with Crippen molar-refractivity contribution in [2.45, 2.75) is 34.1 Å². The van der Waals surface area contributed by atoms with Crippen LogP contribution in [0.1, 0.15) is 34.1 Å². The molecule has 0 aromatic carbocycles. The molecule has 1 N–H and O–H groups in total. The van der Waals surface area contributed by atoms with Crippen LogP contribution in [0.4, 0.5) is 0 Å². The summed E-state index contributed by atoms with van der Waals surface area (Å²) in [6.07, 6.45) is 3.32. The minimum absolute atomic E-state index is 1.06. The van der Waals surface area contributed by atoms with Crippen LogP contribution < -0.4 is 5.32 Å². The second-order valence-electron chi connectivity index (χ2n) is 1.49. The van der Waals surface area contributed by atoms with Crippen LogP contribution in [0.3, 0.4) is 0 Å². The molecule has 0 aromatic heterocycles. The van der Waals surface area contributed by atoms with Crippen molar-refractivity contribution < 1.29 is 0 Å². The van der Waals surface area contributed by atoms with E-state index in [1.807, 2.05) is 20.9 Å². The van der Waals surface area contributed by atoms with Gasteiger partial charge in [-0.15, -0.1) is 11.8 Å². The van der Waals surface area contributed by atoms with Gasteiger partial charge in [0.25, 0.3) is 0 Å². The van der Waals surface area contributed by atoms with Crippen LogP contribution >= 0.6 is 11.8 Å². The minimum atomic E-state index is 1.06. The summed E-state index contributed by atoms with van der Waals surface area (Å²) >= 11 is 1.79. The first-order chi connectivity index (χ1) is 4.83. The van der Waals surface area contributed by atoms with Gasteiger partial charge < -0.3 is 5.32 Å². The van der Waals surface area contributed by atoms with Gasteiger partial charge in [0.15, 0.2) is 0 Å². The molecule has 66 valence electrons. The van der Waals surface area contributed by atoms with E-state index in [9.17, 15) is 0 Å². The second kappa shape index (κ2) is 34.6. The molecule has 0 fully saturated rings. The molecule has 0 atom stereocenters. The molecule has 2 heteroatoms. The molecule has 0 unspecified atom stereocenters. The fourth-order valence-corrected chi connectivity index (χ4v) is 0.433. The molecule has 0 aliphatic rings. The van der Waals surface area contributed by atoms with Gasteiger partial charge in [-0.25, -0.2) is 0 Å². The molecule has 10 heavy (non-hydrogen) atoms. The highest BCUT2D eigenvalue weighted by Gasteiger charge is 1.64. The fraction of sp³-hybridized carbons (Fsp3) is 1.00. The molecular formula is C8H23NS. The predicted molar refractivity (Wildman–Crippen MR) is 54.8 cm³/mol. The van der Waals surface area contributed by atoms with Crippen molar-refractivity contribution in [1.82, 2.24) is 5.32 Å². The molecule has 0 heterocycles. The molecule has 0 radical (unpaired) electrons. The Hall–Kier alpha value is 0.310. The van der Waals surface area contributed by atoms with E-state index in [0.29, 0.717) is 0 Å². The van der Waals surface area contributed by atoms with Crippen LogP contribution in [0.25, 0.3) is 0 Å². The normalized spacial score (nSPS) is 6.60. The summed E-state index contributed by atoms with van der Waals surface area (Å²) in [5.41, 5.74) is 0. The third-order valence-electron chi connectivity index (χ3n) is 0.289. The molecule has 0 spiro atoms. The number of rotatable bonds is 2. The Kier molecular flexibility index (Phi) is 57.9. The highest BCUT2D eigenvalue weighted by atomic mass is 32.2. The third kappa shape index (κ3) is 83.2. The summed E-state index contributed by atoms with van der Waals surface area (Å²) < 4.78 is 0. The SMILES string of the molecule is CC.CCC.CNCSC.